The normalized spacial score (nSPS) is 13.5. The number of ether oxygens (including phenoxy) is 1. The highest BCUT2D eigenvalue weighted by atomic mass is 79.9. The van der Waals surface area contributed by atoms with Gasteiger partial charge >= 0.3 is 5.97 Å². The average Bonchev–Trinajstić information content (AvgIpc) is 3.24. The second kappa shape index (κ2) is 8.75. The minimum atomic E-state index is -1.10. The molecule has 152 valence electrons. The standard InChI is InChI=1S/C23H18BrFN2O3/c24-15-6-9-22(30-13-14-4-7-16(25)8-5-14)19(10-15)17-2-1-3-18(17)20-11-26-12-21(27-20)23(28)29/h4-12H,1-3,13H2,(H,28,29). The van der Waals surface area contributed by atoms with Gasteiger partial charge in [0.25, 0.3) is 0 Å². The molecule has 1 N–H and O–H groups in total. The quantitative estimate of drug-likeness (QED) is 0.498. The van der Waals surface area contributed by atoms with E-state index in [9.17, 15) is 14.3 Å². The summed E-state index contributed by atoms with van der Waals surface area (Å²) in [7, 11) is 0. The molecule has 2 aromatic carbocycles. The third kappa shape index (κ3) is 4.41. The number of benzene rings is 2. The summed E-state index contributed by atoms with van der Waals surface area (Å²) in [6, 6.07) is 12.0. The molecule has 0 radical (unpaired) electrons. The van der Waals surface area contributed by atoms with Crippen LogP contribution in [-0.2, 0) is 6.61 Å². The Morgan fingerprint density at radius 1 is 1.10 bits per heavy atom. The van der Waals surface area contributed by atoms with Crippen molar-refractivity contribution in [1.82, 2.24) is 9.97 Å². The molecule has 0 fully saturated rings. The number of carbonyl (C=O) groups is 1. The monoisotopic (exact) mass is 468 g/mol. The Labute approximate surface area is 181 Å². The van der Waals surface area contributed by atoms with Gasteiger partial charge in [-0.25, -0.2) is 14.2 Å². The number of carboxylic acids is 1. The SMILES string of the molecule is O=C(O)c1cncc(C2=C(c3cc(Br)ccc3OCc3ccc(F)cc3)CCC2)n1. The summed E-state index contributed by atoms with van der Waals surface area (Å²) in [5, 5.41) is 9.24. The molecule has 1 heterocycles. The van der Waals surface area contributed by atoms with Crippen molar-refractivity contribution in [3.63, 3.8) is 0 Å². The minimum Gasteiger partial charge on any atom is -0.488 e. The first-order valence-corrected chi connectivity index (χ1v) is 10.3. The second-order valence-corrected chi connectivity index (χ2v) is 7.88. The van der Waals surface area contributed by atoms with E-state index < -0.39 is 5.97 Å². The van der Waals surface area contributed by atoms with E-state index in [-0.39, 0.29) is 11.5 Å². The van der Waals surface area contributed by atoms with E-state index in [0.717, 1.165) is 46.0 Å². The Morgan fingerprint density at radius 2 is 1.87 bits per heavy atom. The van der Waals surface area contributed by atoms with Crippen molar-refractivity contribution in [2.24, 2.45) is 0 Å². The van der Waals surface area contributed by atoms with Crippen molar-refractivity contribution in [3.05, 3.63) is 87.7 Å². The van der Waals surface area contributed by atoms with Crippen molar-refractivity contribution in [3.8, 4) is 5.75 Å². The van der Waals surface area contributed by atoms with Crippen LogP contribution >= 0.6 is 15.9 Å². The van der Waals surface area contributed by atoms with Gasteiger partial charge in [-0.3, -0.25) is 4.98 Å². The fourth-order valence-corrected chi connectivity index (χ4v) is 3.90. The predicted molar refractivity (Wildman–Crippen MR) is 115 cm³/mol. The van der Waals surface area contributed by atoms with Gasteiger partial charge in [-0.2, -0.15) is 0 Å². The van der Waals surface area contributed by atoms with Crippen LogP contribution in [0.15, 0.2) is 59.3 Å². The fraction of sp³-hybridized carbons (Fsp3) is 0.174. The zero-order valence-corrected chi connectivity index (χ0v) is 17.5. The van der Waals surface area contributed by atoms with Gasteiger partial charge < -0.3 is 9.84 Å². The molecule has 0 bridgehead atoms. The number of allylic oxidation sites excluding steroid dienone is 2. The van der Waals surface area contributed by atoms with Crippen LogP contribution in [0.25, 0.3) is 11.1 Å². The van der Waals surface area contributed by atoms with Gasteiger partial charge in [-0.1, -0.05) is 28.1 Å². The molecule has 5 nitrogen and oxygen atoms in total. The van der Waals surface area contributed by atoms with Crippen molar-refractivity contribution >= 4 is 33.0 Å². The van der Waals surface area contributed by atoms with Gasteiger partial charge in [0.1, 0.15) is 18.2 Å². The lowest BCUT2D eigenvalue weighted by Crippen LogP contribution is -2.04. The molecule has 1 aromatic heterocycles. The van der Waals surface area contributed by atoms with Crippen molar-refractivity contribution in [1.29, 1.82) is 0 Å². The van der Waals surface area contributed by atoms with E-state index in [1.807, 2.05) is 18.2 Å². The Balaban J connectivity index is 1.70. The molecular formula is C23H18BrFN2O3. The third-order valence-electron chi connectivity index (χ3n) is 4.96. The fourth-order valence-electron chi connectivity index (χ4n) is 3.54. The molecule has 0 saturated heterocycles. The maximum atomic E-state index is 13.1. The van der Waals surface area contributed by atoms with Crippen LogP contribution in [0.2, 0.25) is 0 Å². The number of aromatic carboxylic acids is 1. The molecule has 0 saturated carbocycles. The zero-order chi connectivity index (χ0) is 21.1. The topological polar surface area (TPSA) is 72.3 Å². The van der Waals surface area contributed by atoms with Crippen LogP contribution in [0, 0.1) is 5.82 Å². The maximum Gasteiger partial charge on any atom is 0.356 e. The Hall–Kier alpha value is -3.06. The number of hydrogen-bond donors (Lipinski definition) is 1. The van der Waals surface area contributed by atoms with E-state index in [2.05, 4.69) is 25.9 Å². The summed E-state index contributed by atoms with van der Waals surface area (Å²) in [5.41, 5.74) is 4.35. The van der Waals surface area contributed by atoms with Crippen LogP contribution in [0.3, 0.4) is 0 Å². The molecule has 7 heteroatoms. The first kappa shape index (κ1) is 20.2. The number of nitrogens with zero attached hydrogens (tertiary/aromatic N) is 2. The predicted octanol–water partition coefficient (Wildman–Crippen LogP) is 5.75. The van der Waals surface area contributed by atoms with E-state index in [4.69, 9.17) is 4.74 Å². The van der Waals surface area contributed by atoms with Gasteiger partial charge in [0.2, 0.25) is 0 Å². The van der Waals surface area contributed by atoms with Crippen LogP contribution in [0.5, 0.6) is 5.75 Å². The number of halogens is 2. The molecule has 0 aliphatic heterocycles. The van der Waals surface area contributed by atoms with Gasteiger partial charge in [-0.15, -0.1) is 0 Å². The zero-order valence-electron chi connectivity index (χ0n) is 15.9. The summed E-state index contributed by atoms with van der Waals surface area (Å²) < 4.78 is 20.1. The maximum absolute atomic E-state index is 13.1. The molecule has 0 amide bonds. The van der Waals surface area contributed by atoms with E-state index in [1.165, 1.54) is 18.3 Å². The van der Waals surface area contributed by atoms with Crippen molar-refractivity contribution < 1.29 is 19.0 Å². The Morgan fingerprint density at radius 3 is 2.63 bits per heavy atom. The number of aromatic nitrogens is 2. The van der Waals surface area contributed by atoms with E-state index in [0.29, 0.717) is 18.1 Å². The van der Waals surface area contributed by atoms with Crippen LogP contribution in [-0.4, -0.2) is 21.0 Å². The summed E-state index contributed by atoms with van der Waals surface area (Å²) in [6.07, 6.45) is 5.41. The highest BCUT2D eigenvalue weighted by Gasteiger charge is 2.23. The molecule has 30 heavy (non-hydrogen) atoms. The van der Waals surface area contributed by atoms with Crippen molar-refractivity contribution in [2.75, 3.05) is 0 Å². The van der Waals surface area contributed by atoms with Gasteiger partial charge in [0, 0.05) is 10.0 Å². The van der Waals surface area contributed by atoms with E-state index in [1.54, 1.807) is 18.3 Å². The van der Waals surface area contributed by atoms with Crippen LogP contribution in [0.1, 0.15) is 46.6 Å². The first-order chi connectivity index (χ1) is 14.5. The first-order valence-electron chi connectivity index (χ1n) is 9.46. The molecule has 3 aromatic rings. The van der Waals surface area contributed by atoms with Gasteiger partial charge in [0.15, 0.2) is 5.69 Å². The average molecular weight is 469 g/mol. The van der Waals surface area contributed by atoms with Gasteiger partial charge in [-0.05, 0) is 66.3 Å². The van der Waals surface area contributed by atoms with Gasteiger partial charge in [0.05, 0.1) is 18.1 Å². The summed E-state index contributed by atoms with van der Waals surface area (Å²) in [6.45, 7) is 0.311. The molecule has 0 atom stereocenters. The smallest absolute Gasteiger partial charge is 0.356 e. The Bertz CT molecular complexity index is 1130. The second-order valence-electron chi connectivity index (χ2n) is 6.96. The summed E-state index contributed by atoms with van der Waals surface area (Å²) in [5.74, 6) is -0.678. The summed E-state index contributed by atoms with van der Waals surface area (Å²) in [4.78, 5) is 19.6. The molecule has 0 unspecified atom stereocenters. The summed E-state index contributed by atoms with van der Waals surface area (Å²) >= 11 is 3.53. The lowest BCUT2D eigenvalue weighted by atomic mass is 9.99. The largest absolute Gasteiger partial charge is 0.488 e. The van der Waals surface area contributed by atoms with E-state index >= 15 is 0 Å². The molecule has 1 aliphatic carbocycles. The molecule has 4 rings (SSSR count). The number of carboxylic acid groups (broad SMARTS) is 1. The van der Waals surface area contributed by atoms with Crippen molar-refractivity contribution in [2.45, 2.75) is 25.9 Å². The lowest BCUT2D eigenvalue weighted by molar-refractivity contribution is 0.0690. The molecule has 0 spiro atoms. The lowest BCUT2D eigenvalue weighted by Gasteiger charge is -2.15. The third-order valence-corrected chi connectivity index (χ3v) is 5.45. The highest BCUT2D eigenvalue weighted by molar-refractivity contribution is 9.10. The molecular weight excluding hydrogens is 451 g/mol. The Kier molecular flexibility index (Phi) is 5.90. The van der Waals surface area contributed by atoms with Crippen LogP contribution < -0.4 is 4.74 Å². The highest BCUT2D eigenvalue weighted by Crippen LogP contribution is 2.43. The minimum absolute atomic E-state index is 0.0757. The number of hydrogen-bond acceptors (Lipinski definition) is 4. The number of rotatable bonds is 6. The van der Waals surface area contributed by atoms with Crippen LogP contribution in [0.4, 0.5) is 4.39 Å². The molecule has 1 aliphatic rings.